The molecule has 1 aromatic carbocycles. The van der Waals surface area contributed by atoms with Gasteiger partial charge in [0.1, 0.15) is 24.5 Å². The summed E-state index contributed by atoms with van der Waals surface area (Å²) in [6.07, 6.45) is 1.73. The molecule has 0 saturated carbocycles. The highest BCUT2D eigenvalue weighted by atomic mass is 16.6. The van der Waals surface area contributed by atoms with E-state index in [2.05, 4.69) is 16.8 Å². The highest BCUT2D eigenvalue weighted by molar-refractivity contribution is 5.71. The molecule has 2 amide bonds. The Kier molecular flexibility index (Phi) is 11.5. The minimum Gasteiger partial charge on any atom is -0.477 e. The molecule has 0 spiro atoms. The zero-order valence-electron chi connectivity index (χ0n) is 27.2. The molecule has 0 bridgehead atoms. The monoisotopic (exact) mass is 619 g/mol. The van der Waals surface area contributed by atoms with Gasteiger partial charge in [-0.25, -0.2) is 19.6 Å². The van der Waals surface area contributed by atoms with Gasteiger partial charge in [-0.3, -0.25) is 0 Å². The van der Waals surface area contributed by atoms with Crippen molar-refractivity contribution in [1.82, 2.24) is 19.8 Å². The van der Waals surface area contributed by atoms with E-state index in [-0.39, 0.29) is 25.3 Å². The predicted octanol–water partition coefficient (Wildman–Crippen LogP) is 6.03. The summed E-state index contributed by atoms with van der Waals surface area (Å²) < 4.78 is 23.2. The van der Waals surface area contributed by atoms with Crippen LogP contribution in [0.15, 0.2) is 60.8 Å². The number of carbonyl (C=O) groups is 2. The number of amides is 2. The summed E-state index contributed by atoms with van der Waals surface area (Å²) in [4.78, 5) is 40.3. The number of ether oxygens (including phenoxy) is 4. The Balaban J connectivity index is 1.52. The Morgan fingerprint density at radius 1 is 0.978 bits per heavy atom. The molecule has 1 aliphatic heterocycles. The van der Waals surface area contributed by atoms with Gasteiger partial charge >= 0.3 is 12.2 Å². The van der Waals surface area contributed by atoms with Crippen molar-refractivity contribution in [3.8, 4) is 23.0 Å². The number of benzene rings is 1. The number of hydrogen-bond acceptors (Lipinski definition) is 9. The Labute approximate surface area is 266 Å². The van der Waals surface area contributed by atoms with Crippen molar-refractivity contribution in [1.29, 1.82) is 0 Å². The number of anilines is 1. The van der Waals surface area contributed by atoms with Crippen LogP contribution in [-0.4, -0.2) is 90.0 Å². The number of carbonyl (C=O) groups excluding carboxylic acids is 2. The minimum absolute atomic E-state index is 0.0225. The molecule has 0 unspecified atom stereocenters. The van der Waals surface area contributed by atoms with Crippen LogP contribution in [0.1, 0.15) is 46.6 Å². The zero-order valence-corrected chi connectivity index (χ0v) is 27.2. The van der Waals surface area contributed by atoms with Gasteiger partial charge in [-0.2, -0.15) is 0 Å². The van der Waals surface area contributed by atoms with E-state index < -0.39 is 11.7 Å². The smallest absolute Gasteiger partial charge is 0.410 e. The molecule has 1 fully saturated rings. The second kappa shape index (κ2) is 15.5. The summed E-state index contributed by atoms with van der Waals surface area (Å²) in [5.74, 6) is 0.915. The fourth-order valence-electron chi connectivity index (χ4n) is 4.96. The van der Waals surface area contributed by atoms with Crippen LogP contribution >= 0.6 is 0 Å². The molecular weight excluding hydrogens is 574 g/mol. The van der Waals surface area contributed by atoms with Gasteiger partial charge in [-0.15, -0.1) is 0 Å². The maximum absolute atomic E-state index is 12.8. The van der Waals surface area contributed by atoms with E-state index in [9.17, 15) is 9.59 Å². The maximum Gasteiger partial charge on any atom is 0.410 e. The van der Waals surface area contributed by atoms with Crippen LogP contribution in [0.3, 0.4) is 0 Å². The predicted molar refractivity (Wildman–Crippen MR) is 173 cm³/mol. The Morgan fingerprint density at radius 2 is 1.76 bits per heavy atom. The van der Waals surface area contributed by atoms with Crippen molar-refractivity contribution in [2.24, 2.45) is 0 Å². The number of piperazine rings is 1. The molecule has 4 rings (SSSR count). The average molecular weight is 620 g/mol. The molecule has 0 N–H and O–H groups in total. The molecule has 11 heteroatoms. The maximum atomic E-state index is 12.8. The second-order valence-corrected chi connectivity index (χ2v) is 11.8. The summed E-state index contributed by atoms with van der Waals surface area (Å²) in [7, 11) is 1.68. The molecule has 242 valence electrons. The third-order valence-electron chi connectivity index (χ3n) is 7.27. The van der Waals surface area contributed by atoms with Crippen LogP contribution in [0.2, 0.25) is 0 Å². The van der Waals surface area contributed by atoms with E-state index in [1.165, 1.54) is 4.90 Å². The molecule has 11 nitrogen and oxygen atoms in total. The zero-order chi connectivity index (χ0) is 32.4. The van der Waals surface area contributed by atoms with E-state index in [4.69, 9.17) is 23.9 Å². The van der Waals surface area contributed by atoms with E-state index in [1.54, 1.807) is 18.1 Å². The quantitative estimate of drug-likeness (QED) is 0.254. The van der Waals surface area contributed by atoms with E-state index in [0.717, 1.165) is 23.2 Å². The molecule has 1 atom stereocenters. The van der Waals surface area contributed by atoms with Gasteiger partial charge in [-0.05, 0) is 63.9 Å². The lowest BCUT2D eigenvalue weighted by atomic mass is 10.1. The SMILES string of the molecule is CCOc1ncccc1-c1ccc(N2CCN(C(=O)OC(C)(C)C)C[C@H]2CC)c(OCCN(C)C(=O)OCc2ccccc2)n1. The van der Waals surface area contributed by atoms with Gasteiger partial charge < -0.3 is 33.6 Å². The fraction of sp³-hybridized carbons (Fsp3) is 0.471. The largest absolute Gasteiger partial charge is 0.477 e. The molecule has 0 aliphatic carbocycles. The van der Waals surface area contributed by atoms with E-state index in [0.29, 0.717) is 50.2 Å². The molecule has 0 radical (unpaired) electrons. The summed E-state index contributed by atoms with van der Waals surface area (Å²) in [6, 6.07) is 17.2. The van der Waals surface area contributed by atoms with Gasteiger partial charge in [0.25, 0.3) is 0 Å². The van der Waals surface area contributed by atoms with Crippen LogP contribution < -0.4 is 14.4 Å². The summed E-state index contributed by atoms with van der Waals surface area (Å²) in [5.41, 5.74) is 2.57. The first-order chi connectivity index (χ1) is 21.6. The van der Waals surface area contributed by atoms with Crippen molar-refractivity contribution < 1.29 is 28.5 Å². The van der Waals surface area contributed by atoms with Gasteiger partial charge in [0.15, 0.2) is 0 Å². The Bertz CT molecular complexity index is 1410. The Morgan fingerprint density at radius 3 is 2.47 bits per heavy atom. The van der Waals surface area contributed by atoms with Crippen molar-refractivity contribution >= 4 is 17.9 Å². The lowest BCUT2D eigenvalue weighted by Crippen LogP contribution is -2.55. The number of pyridine rings is 2. The summed E-state index contributed by atoms with van der Waals surface area (Å²) >= 11 is 0. The first-order valence-corrected chi connectivity index (χ1v) is 15.5. The highest BCUT2D eigenvalue weighted by Crippen LogP contribution is 2.35. The normalized spacial score (nSPS) is 14.9. The Hall–Kier alpha value is -4.54. The molecule has 1 saturated heterocycles. The van der Waals surface area contributed by atoms with E-state index >= 15 is 0 Å². The molecule has 45 heavy (non-hydrogen) atoms. The van der Waals surface area contributed by atoms with Gasteiger partial charge in [0.2, 0.25) is 11.8 Å². The van der Waals surface area contributed by atoms with Crippen molar-refractivity contribution in [2.45, 2.75) is 59.3 Å². The number of likely N-dealkylation sites (N-methyl/N-ethyl adjacent to an activating group) is 1. The minimum atomic E-state index is -0.565. The van der Waals surface area contributed by atoms with Crippen molar-refractivity contribution in [2.75, 3.05) is 51.3 Å². The average Bonchev–Trinajstić information content (AvgIpc) is 3.03. The topological polar surface area (TPSA) is 107 Å². The number of aromatic nitrogens is 2. The van der Waals surface area contributed by atoms with Crippen LogP contribution in [0.25, 0.3) is 11.3 Å². The number of rotatable bonds is 11. The lowest BCUT2D eigenvalue weighted by Gasteiger charge is -2.42. The van der Waals surface area contributed by atoms with Crippen LogP contribution in [0.5, 0.6) is 11.8 Å². The first-order valence-electron chi connectivity index (χ1n) is 15.5. The summed E-state index contributed by atoms with van der Waals surface area (Å²) in [6.45, 7) is 12.4. The van der Waals surface area contributed by atoms with Gasteiger partial charge in [-0.1, -0.05) is 37.3 Å². The van der Waals surface area contributed by atoms with Crippen LogP contribution in [-0.2, 0) is 16.1 Å². The number of nitrogens with zero attached hydrogens (tertiary/aromatic N) is 5. The molecular formula is C34H45N5O6. The first kappa shape index (κ1) is 33.4. The lowest BCUT2D eigenvalue weighted by molar-refractivity contribution is 0.0213. The van der Waals surface area contributed by atoms with Crippen LogP contribution in [0, 0.1) is 0 Å². The third-order valence-corrected chi connectivity index (χ3v) is 7.27. The highest BCUT2D eigenvalue weighted by Gasteiger charge is 2.33. The molecule has 3 heterocycles. The summed E-state index contributed by atoms with van der Waals surface area (Å²) in [5, 5.41) is 0. The standard InChI is InChI=1S/C34H45N5O6/c1-7-26-23-38(33(41)45-34(3,4)5)19-20-39(26)29-17-16-28(27-15-12-18-35-30(27)42-8-2)36-31(29)43-22-21-37(6)32(40)44-24-25-13-10-9-11-14-25/h9-18,26H,7-8,19-24H2,1-6H3/t26-/m1/s1. The van der Waals surface area contributed by atoms with Gasteiger partial charge in [0.05, 0.1) is 24.4 Å². The molecule has 3 aromatic rings. The molecule has 1 aliphatic rings. The van der Waals surface area contributed by atoms with E-state index in [1.807, 2.05) is 82.3 Å². The fourth-order valence-corrected chi connectivity index (χ4v) is 4.96. The second-order valence-electron chi connectivity index (χ2n) is 11.8. The van der Waals surface area contributed by atoms with Gasteiger partial charge in [0, 0.05) is 38.9 Å². The van der Waals surface area contributed by atoms with Crippen LogP contribution in [0.4, 0.5) is 15.3 Å². The number of hydrogen-bond donors (Lipinski definition) is 0. The third kappa shape index (κ3) is 9.23. The van der Waals surface area contributed by atoms with Crippen molar-refractivity contribution in [3.63, 3.8) is 0 Å². The van der Waals surface area contributed by atoms with Crippen molar-refractivity contribution in [3.05, 3.63) is 66.4 Å². The molecule has 2 aromatic heterocycles.